The lowest BCUT2D eigenvalue weighted by Gasteiger charge is -2.25. The SMILES string of the molecule is COC(=O)C=Cc1ccc(CCN[C@@H](CC(C)C)C(=O)OC(C)(C)C)cc1. The average Bonchev–Trinajstić information content (AvgIpc) is 2.58. The molecule has 1 N–H and O–H groups in total. The maximum absolute atomic E-state index is 12.4. The number of rotatable bonds is 9. The summed E-state index contributed by atoms with van der Waals surface area (Å²) in [5.74, 6) is -0.169. The molecule has 0 saturated carbocycles. The van der Waals surface area contributed by atoms with Crippen LogP contribution in [0.3, 0.4) is 0 Å². The molecule has 150 valence electrons. The van der Waals surface area contributed by atoms with E-state index in [0.717, 1.165) is 24.0 Å². The van der Waals surface area contributed by atoms with E-state index in [1.54, 1.807) is 6.08 Å². The van der Waals surface area contributed by atoms with Crippen LogP contribution in [0.1, 0.15) is 52.2 Å². The Labute approximate surface area is 163 Å². The first kappa shape index (κ1) is 22.9. The van der Waals surface area contributed by atoms with E-state index in [0.29, 0.717) is 12.5 Å². The third kappa shape index (κ3) is 9.94. The summed E-state index contributed by atoms with van der Waals surface area (Å²) in [6, 6.07) is 7.64. The molecular formula is C22H33NO4. The van der Waals surface area contributed by atoms with Gasteiger partial charge in [-0.25, -0.2) is 4.79 Å². The smallest absolute Gasteiger partial charge is 0.330 e. The van der Waals surface area contributed by atoms with E-state index in [4.69, 9.17) is 4.74 Å². The lowest BCUT2D eigenvalue weighted by Crippen LogP contribution is -2.42. The first-order valence-electron chi connectivity index (χ1n) is 9.42. The zero-order valence-electron chi connectivity index (χ0n) is 17.4. The summed E-state index contributed by atoms with van der Waals surface area (Å²) in [5.41, 5.74) is 1.61. The summed E-state index contributed by atoms with van der Waals surface area (Å²) in [7, 11) is 1.35. The molecule has 1 atom stereocenters. The van der Waals surface area contributed by atoms with E-state index >= 15 is 0 Å². The van der Waals surface area contributed by atoms with E-state index in [9.17, 15) is 9.59 Å². The molecule has 0 bridgehead atoms. The fourth-order valence-electron chi connectivity index (χ4n) is 2.53. The molecule has 0 aliphatic heterocycles. The molecule has 0 spiro atoms. The number of ether oxygens (including phenoxy) is 2. The van der Waals surface area contributed by atoms with Gasteiger partial charge in [0.05, 0.1) is 7.11 Å². The van der Waals surface area contributed by atoms with Crippen molar-refractivity contribution in [2.24, 2.45) is 5.92 Å². The molecule has 0 radical (unpaired) electrons. The van der Waals surface area contributed by atoms with E-state index in [1.165, 1.54) is 13.2 Å². The summed E-state index contributed by atoms with van der Waals surface area (Å²) >= 11 is 0. The number of esters is 2. The lowest BCUT2D eigenvalue weighted by atomic mass is 10.0. The van der Waals surface area contributed by atoms with Gasteiger partial charge in [-0.15, -0.1) is 0 Å². The number of carbonyl (C=O) groups is 2. The molecule has 0 heterocycles. The van der Waals surface area contributed by atoms with Crippen LogP contribution < -0.4 is 5.32 Å². The number of hydrogen-bond donors (Lipinski definition) is 1. The molecule has 0 amide bonds. The fraction of sp³-hybridized carbons (Fsp3) is 0.545. The number of carbonyl (C=O) groups excluding carboxylic acids is 2. The molecule has 0 saturated heterocycles. The van der Waals surface area contributed by atoms with Crippen molar-refractivity contribution < 1.29 is 19.1 Å². The zero-order valence-corrected chi connectivity index (χ0v) is 17.4. The fourth-order valence-corrected chi connectivity index (χ4v) is 2.53. The first-order valence-corrected chi connectivity index (χ1v) is 9.42. The molecule has 1 aromatic rings. The van der Waals surface area contributed by atoms with Crippen molar-refractivity contribution in [2.75, 3.05) is 13.7 Å². The Hall–Kier alpha value is -2.14. The number of methoxy groups -OCH3 is 1. The van der Waals surface area contributed by atoms with Gasteiger partial charge < -0.3 is 14.8 Å². The van der Waals surface area contributed by atoms with Gasteiger partial charge in [0.2, 0.25) is 0 Å². The van der Waals surface area contributed by atoms with Crippen molar-refractivity contribution in [3.8, 4) is 0 Å². The standard InChI is InChI=1S/C22H33NO4/c1-16(2)15-19(21(25)27-22(3,4)5)23-14-13-18-9-7-17(8-10-18)11-12-20(24)26-6/h7-12,16,19,23H,13-15H2,1-6H3/t19-/m0/s1. The molecule has 0 aliphatic rings. The minimum absolute atomic E-state index is 0.195. The molecule has 0 fully saturated rings. The molecule has 1 rings (SSSR count). The van der Waals surface area contributed by atoms with Crippen LogP contribution in [0.2, 0.25) is 0 Å². The first-order chi connectivity index (χ1) is 12.6. The van der Waals surface area contributed by atoms with Crippen molar-refractivity contribution in [3.05, 3.63) is 41.5 Å². The van der Waals surface area contributed by atoms with Crippen LogP contribution in [0.15, 0.2) is 30.3 Å². The topological polar surface area (TPSA) is 64.6 Å². The van der Waals surface area contributed by atoms with Crippen molar-refractivity contribution >= 4 is 18.0 Å². The Morgan fingerprint density at radius 2 is 1.78 bits per heavy atom. The molecule has 0 unspecified atom stereocenters. The number of benzene rings is 1. The minimum atomic E-state index is -0.485. The van der Waals surface area contributed by atoms with E-state index in [1.807, 2.05) is 45.0 Å². The third-order valence-corrected chi connectivity index (χ3v) is 3.80. The number of nitrogens with one attached hydrogen (secondary N) is 1. The van der Waals surface area contributed by atoms with Crippen LogP contribution in [0.5, 0.6) is 0 Å². The predicted octanol–water partition coefficient (Wildman–Crippen LogP) is 3.76. The molecule has 0 aliphatic carbocycles. The summed E-state index contributed by atoms with van der Waals surface area (Å²) in [6.07, 6.45) is 4.66. The quantitative estimate of drug-likeness (QED) is 0.526. The molecule has 0 aromatic heterocycles. The van der Waals surface area contributed by atoms with E-state index in [2.05, 4.69) is 23.9 Å². The molecule has 5 heteroatoms. The van der Waals surface area contributed by atoms with Crippen LogP contribution >= 0.6 is 0 Å². The third-order valence-electron chi connectivity index (χ3n) is 3.80. The monoisotopic (exact) mass is 375 g/mol. The normalized spacial score (nSPS) is 13.0. The molecule has 5 nitrogen and oxygen atoms in total. The Morgan fingerprint density at radius 1 is 1.15 bits per heavy atom. The number of hydrogen-bond acceptors (Lipinski definition) is 5. The van der Waals surface area contributed by atoms with Gasteiger partial charge in [-0.3, -0.25) is 4.79 Å². The average molecular weight is 376 g/mol. The minimum Gasteiger partial charge on any atom is -0.466 e. The maximum atomic E-state index is 12.4. The van der Waals surface area contributed by atoms with Crippen molar-refractivity contribution in [1.29, 1.82) is 0 Å². The van der Waals surface area contributed by atoms with Gasteiger partial charge in [0.15, 0.2) is 0 Å². The van der Waals surface area contributed by atoms with Gasteiger partial charge in [-0.2, -0.15) is 0 Å². The molecule has 27 heavy (non-hydrogen) atoms. The summed E-state index contributed by atoms with van der Waals surface area (Å²) in [4.78, 5) is 23.5. The second-order valence-corrected chi connectivity index (χ2v) is 8.02. The Balaban J connectivity index is 2.58. The van der Waals surface area contributed by atoms with Crippen LogP contribution in [0, 0.1) is 5.92 Å². The zero-order chi connectivity index (χ0) is 20.4. The maximum Gasteiger partial charge on any atom is 0.330 e. The highest BCUT2D eigenvalue weighted by molar-refractivity contribution is 5.86. The van der Waals surface area contributed by atoms with E-state index in [-0.39, 0.29) is 18.0 Å². The van der Waals surface area contributed by atoms with Gasteiger partial charge in [0.1, 0.15) is 11.6 Å². The van der Waals surface area contributed by atoms with Crippen LogP contribution in [0.4, 0.5) is 0 Å². The summed E-state index contributed by atoms with van der Waals surface area (Å²) < 4.78 is 10.1. The summed E-state index contributed by atoms with van der Waals surface area (Å²) in [5, 5.41) is 3.33. The second kappa shape index (κ2) is 10.9. The van der Waals surface area contributed by atoms with Crippen molar-refractivity contribution in [3.63, 3.8) is 0 Å². The second-order valence-electron chi connectivity index (χ2n) is 8.02. The van der Waals surface area contributed by atoms with Crippen molar-refractivity contribution in [2.45, 2.75) is 59.1 Å². The molecule has 1 aromatic carbocycles. The predicted molar refractivity (Wildman–Crippen MR) is 108 cm³/mol. The highest BCUT2D eigenvalue weighted by atomic mass is 16.6. The van der Waals surface area contributed by atoms with E-state index < -0.39 is 5.60 Å². The Bertz CT molecular complexity index is 627. The highest BCUT2D eigenvalue weighted by Crippen LogP contribution is 2.13. The summed E-state index contributed by atoms with van der Waals surface area (Å²) in [6.45, 7) is 10.5. The van der Waals surface area contributed by atoms with Crippen LogP contribution in [-0.4, -0.2) is 37.2 Å². The van der Waals surface area contributed by atoms with Gasteiger partial charge in [0, 0.05) is 6.08 Å². The van der Waals surface area contributed by atoms with Crippen LogP contribution in [0.25, 0.3) is 6.08 Å². The Kier molecular flexibility index (Phi) is 9.22. The van der Waals surface area contributed by atoms with Crippen molar-refractivity contribution in [1.82, 2.24) is 5.32 Å². The Morgan fingerprint density at radius 3 is 2.30 bits per heavy atom. The van der Waals surface area contributed by atoms with Gasteiger partial charge in [0.25, 0.3) is 0 Å². The largest absolute Gasteiger partial charge is 0.466 e. The highest BCUT2D eigenvalue weighted by Gasteiger charge is 2.25. The molecular weight excluding hydrogens is 342 g/mol. The lowest BCUT2D eigenvalue weighted by molar-refractivity contribution is -0.158. The van der Waals surface area contributed by atoms with Gasteiger partial charge in [-0.1, -0.05) is 38.1 Å². The van der Waals surface area contributed by atoms with Gasteiger partial charge >= 0.3 is 11.9 Å². The van der Waals surface area contributed by atoms with Gasteiger partial charge in [-0.05, 0) is 63.3 Å². The van der Waals surface area contributed by atoms with Crippen LogP contribution in [-0.2, 0) is 25.5 Å².